The maximum absolute atomic E-state index is 5.39. The van der Waals surface area contributed by atoms with E-state index in [-0.39, 0.29) is 24.0 Å². The summed E-state index contributed by atoms with van der Waals surface area (Å²) < 4.78 is 5.39. The Balaban J connectivity index is 0.00000261. The lowest BCUT2D eigenvalue weighted by Gasteiger charge is -2.36. The molecular weight excluding hydrogens is 457 g/mol. The quantitative estimate of drug-likeness (QED) is 0.276. The first-order valence-electron chi connectivity index (χ1n) is 9.64. The first-order valence-corrected chi connectivity index (χ1v) is 9.64. The maximum Gasteiger partial charge on any atom is 0.225 e. The molecule has 0 unspecified atom stereocenters. The van der Waals surface area contributed by atoms with Crippen molar-refractivity contribution in [3.8, 4) is 0 Å². The number of morpholine rings is 1. The van der Waals surface area contributed by atoms with E-state index in [2.05, 4.69) is 35.0 Å². The molecule has 0 radical (unpaired) electrons. The van der Waals surface area contributed by atoms with E-state index in [1.54, 1.807) is 12.4 Å². The standard InChI is InChI=1S/C18H31N7O.HI/c1-19-17(20-5-2-3-8-23-13-15-26-16-14-23)24-9-11-25(12-10-24)18-21-6-4-7-22-18;/h4,6-7H,2-3,5,8-16H2,1H3,(H,19,20);1H. The fourth-order valence-electron chi connectivity index (χ4n) is 3.39. The molecule has 0 atom stereocenters. The fraction of sp³-hybridized carbons (Fsp3) is 0.722. The number of piperazine rings is 1. The van der Waals surface area contributed by atoms with Gasteiger partial charge in [0.15, 0.2) is 5.96 Å². The van der Waals surface area contributed by atoms with Crippen LogP contribution in [0.5, 0.6) is 0 Å². The van der Waals surface area contributed by atoms with E-state index < -0.39 is 0 Å². The number of anilines is 1. The maximum atomic E-state index is 5.39. The molecule has 3 rings (SSSR count). The van der Waals surface area contributed by atoms with Gasteiger partial charge in [-0.2, -0.15) is 0 Å². The molecule has 0 spiro atoms. The predicted octanol–water partition coefficient (Wildman–Crippen LogP) is 0.904. The summed E-state index contributed by atoms with van der Waals surface area (Å²) in [6.07, 6.45) is 5.97. The molecule has 1 N–H and O–H groups in total. The molecule has 152 valence electrons. The van der Waals surface area contributed by atoms with Gasteiger partial charge in [-0.1, -0.05) is 0 Å². The summed E-state index contributed by atoms with van der Waals surface area (Å²) in [7, 11) is 1.86. The van der Waals surface area contributed by atoms with E-state index >= 15 is 0 Å². The van der Waals surface area contributed by atoms with E-state index in [4.69, 9.17) is 4.74 Å². The molecule has 0 aliphatic carbocycles. The molecule has 27 heavy (non-hydrogen) atoms. The van der Waals surface area contributed by atoms with Crippen molar-refractivity contribution in [3.05, 3.63) is 18.5 Å². The van der Waals surface area contributed by atoms with Crippen LogP contribution in [0.25, 0.3) is 0 Å². The minimum absolute atomic E-state index is 0. The van der Waals surface area contributed by atoms with Gasteiger partial charge in [0.05, 0.1) is 13.2 Å². The number of unbranched alkanes of at least 4 members (excludes halogenated alkanes) is 1. The lowest BCUT2D eigenvalue weighted by Crippen LogP contribution is -2.53. The minimum Gasteiger partial charge on any atom is -0.379 e. The number of nitrogens with zero attached hydrogens (tertiary/aromatic N) is 6. The number of hydrogen-bond donors (Lipinski definition) is 1. The van der Waals surface area contributed by atoms with E-state index in [9.17, 15) is 0 Å². The normalized spacial score (nSPS) is 18.9. The average molecular weight is 489 g/mol. The first kappa shape index (κ1) is 22.1. The van der Waals surface area contributed by atoms with Crippen LogP contribution in [-0.4, -0.2) is 98.3 Å². The summed E-state index contributed by atoms with van der Waals surface area (Å²) in [6, 6.07) is 1.85. The second kappa shape index (κ2) is 12.3. The largest absolute Gasteiger partial charge is 0.379 e. The van der Waals surface area contributed by atoms with Gasteiger partial charge in [0.25, 0.3) is 0 Å². The van der Waals surface area contributed by atoms with Crippen LogP contribution in [0.15, 0.2) is 23.5 Å². The molecule has 8 nitrogen and oxygen atoms in total. The number of nitrogens with one attached hydrogen (secondary N) is 1. The average Bonchev–Trinajstić information content (AvgIpc) is 2.72. The minimum atomic E-state index is 0. The molecule has 9 heteroatoms. The summed E-state index contributed by atoms with van der Waals surface area (Å²) in [5.74, 6) is 1.82. The highest BCUT2D eigenvalue weighted by Gasteiger charge is 2.20. The zero-order valence-corrected chi connectivity index (χ0v) is 18.5. The SMILES string of the molecule is CN=C(NCCCCN1CCOCC1)N1CCN(c2ncccn2)CC1.I. The molecule has 0 amide bonds. The van der Waals surface area contributed by atoms with Gasteiger partial charge in [-0.05, 0) is 25.5 Å². The Labute approximate surface area is 179 Å². The van der Waals surface area contributed by atoms with Crippen molar-refractivity contribution < 1.29 is 4.74 Å². The monoisotopic (exact) mass is 489 g/mol. The fourth-order valence-corrected chi connectivity index (χ4v) is 3.39. The van der Waals surface area contributed by atoms with Crippen molar-refractivity contribution in [1.82, 2.24) is 25.1 Å². The van der Waals surface area contributed by atoms with Crippen LogP contribution >= 0.6 is 24.0 Å². The molecule has 2 saturated heterocycles. The molecule has 1 aromatic rings. The van der Waals surface area contributed by atoms with E-state index in [1.807, 2.05) is 13.1 Å². The Kier molecular flexibility index (Phi) is 10.1. The van der Waals surface area contributed by atoms with E-state index in [0.717, 1.165) is 77.4 Å². The lowest BCUT2D eigenvalue weighted by atomic mass is 10.2. The molecule has 0 saturated carbocycles. The molecule has 2 fully saturated rings. The van der Waals surface area contributed by atoms with E-state index in [0.29, 0.717) is 0 Å². The highest BCUT2D eigenvalue weighted by Crippen LogP contribution is 2.09. The summed E-state index contributed by atoms with van der Waals surface area (Å²) in [5, 5.41) is 3.51. The molecule has 2 aliphatic heterocycles. The number of rotatable bonds is 6. The van der Waals surface area contributed by atoms with Crippen LogP contribution in [0.4, 0.5) is 5.95 Å². The third-order valence-corrected chi connectivity index (χ3v) is 4.91. The van der Waals surface area contributed by atoms with Crippen LogP contribution in [0.1, 0.15) is 12.8 Å². The van der Waals surface area contributed by atoms with Crippen LogP contribution in [0.2, 0.25) is 0 Å². The molecule has 1 aromatic heterocycles. The Morgan fingerprint density at radius 1 is 1.07 bits per heavy atom. The van der Waals surface area contributed by atoms with Crippen molar-refractivity contribution >= 4 is 35.9 Å². The Morgan fingerprint density at radius 3 is 2.44 bits per heavy atom. The van der Waals surface area contributed by atoms with Crippen LogP contribution in [0, 0.1) is 0 Å². The lowest BCUT2D eigenvalue weighted by molar-refractivity contribution is 0.0372. The van der Waals surface area contributed by atoms with Crippen molar-refractivity contribution in [1.29, 1.82) is 0 Å². The summed E-state index contributed by atoms with van der Waals surface area (Å²) >= 11 is 0. The number of guanidine groups is 1. The summed E-state index contributed by atoms with van der Waals surface area (Å²) in [4.78, 5) is 20.2. The summed E-state index contributed by atoms with van der Waals surface area (Å²) in [5.41, 5.74) is 0. The molecule has 2 aliphatic rings. The topological polar surface area (TPSA) is 69.1 Å². The number of aromatic nitrogens is 2. The van der Waals surface area contributed by atoms with Crippen LogP contribution in [-0.2, 0) is 4.74 Å². The smallest absolute Gasteiger partial charge is 0.225 e. The predicted molar refractivity (Wildman–Crippen MR) is 119 cm³/mol. The van der Waals surface area contributed by atoms with Crippen LogP contribution in [0.3, 0.4) is 0 Å². The second-order valence-electron chi connectivity index (χ2n) is 6.66. The van der Waals surface area contributed by atoms with Gasteiger partial charge < -0.3 is 19.9 Å². The molecule has 3 heterocycles. The van der Waals surface area contributed by atoms with Crippen molar-refractivity contribution in [2.75, 3.05) is 77.5 Å². The van der Waals surface area contributed by atoms with Gasteiger partial charge in [0.1, 0.15) is 0 Å². The van der Waals surface area contributed by atoms with Crippen molar-refractivity contribution in [2.45, 2.75) is 12.8 Å². The van der Waals surface area contributed by atoms with Gasteiger partial charge >= 0.3 is 0 Å². The molecule has 0 aromatic carbocycles. The number of ether oxygens (including phenoxy) is 1. The van der Waals surface area contributed by atoms with Gasteiger partial charge in [0.2, 0.25) is 5.95 Å². The second-order valence-corrected chi connectivity index (χ2v) is 6.66. The summed E-state index contributed by atoms with van der Waals surface area (Å²) in [6.45, 7) is 9.75. The van der Waals surface area contributed by atoms with Crippen LogP contribution < -0.4 is 10.2 Å². The zero-order chi connectivity index (χ0) is 18.0. The molecular formula is C18H32IN7O. The van der Waals surface area contributed by atoms with Gasteiger partial charge in [-0.3, -0.25) is 9.89 Å². The van der Waals surface area contributed by atoms with Gasteiger partial charge in [0, 0.05) is 65.3 Å². The third-order valence-electron chi connectivity index (χ3n) is 4.91. The van der Waals surface area contributed by atoms with Crippen molar-refractivity contribution in [3.63, 3.8) is 0 Å². The Morgan fingerprint density at radius 2 is 1.78 bits per heavy atom. The number of halogens is 1. The molecule has 0 bridgehead atoms. The number of aliphatic imine (C=N–C) groups is 1. The number of hydrogen-bond acceptors (Lipinski definition) is 6. The van der Waals surface area contributed by atoms with E-state index in [1.165, 1.54) is 13.0 Å². The third kappa shape index (κ3) is 7.04. The van der Waals surface area contributed by atoms with Gasteiger partial charge in [-0.25, -0.2) is 9.97 Å². The highest BCUT2D eigenvalue weighted by atomic mass is 127. The first-order chi connectivity index (χ1) is 12.9. The Hall–Kier alpha value is -1.20. The van der Waals surface area contributed by atoms with Gasteiger partial charge in [-0.15, -0.1) is 24.0 Å². The Bertz CT molecular complexity index is 546. The highest BCUT2D eigenvalue weighted by molar-refractivity contribution is 14.0. The zero-order valence-electron chi connectivity index (χ0n) is 16.2. The van der Waals surface area contributed by atoms with Crippen molar-refractivity contribution in [2.24, 2.45) is 4.99 Å².